The van der Waals surface area contributed by atoms with Crippen molar-refractivity contribution < 1.29 is 28.5 Å². The molecule has 0 unspecified atom stereocenters. The largest absolute Gasteiger partial charge is 0.502 e. The number of benzene rings is 2. The molecule has 0 aliphatic carbocycles. The van der Waals surface area contributed by atoms with Gasteiger partial charge in [-0.3, -0.25) is 9.59 Å². The van der Waals surface area contributed by atoms with E-state index >= 15 is 0 Å². The van der Waals surface area contributed by atoms with Crippen molar-refractivity contribution in [2.75, 3.05) is 20.8 Å². The number of methoxy groups -OCH3 is 2. The highest BCUT2D eigenvalue weighted by molar-refractivity contribution is 5.71. The SMILES string of the molecule is COC(=O)C[C@H](c1ccc(OCCc2ccccc2)c(OC)c1)c1oc(C)cc(=O)c1O. The average molecular weight is 438 g/mol. The van der Waals surface area contributed by atoms with Crippen LogP contribution in [0, 0.1) is 6.92 Å². The molecule has 0 fully saturated rings. The number of aromatic hydroxyl groups is 1. The molecule has 3 aromatic rings. The highest BCUT2D eigenvalue weighted by Crippen LogP contribution is 2.37. The zero-order chi connectivity index (χ0) is 23.1. The summed E-state index contributed by atoms with van der Waals surface area (Å²) in [6, 6.07) is 16.4. The van der Waals surface area contributed by atoms with Gasteiger partial charge in [-0.2, -0.15) is 0 Å². The van der Waals surface area contributed by atoms with Gasteiger partial charge in [0.05, 0.1) is 33.2 Å². The minimum atomic E-state index is -0.748. The van der Waals surface area contributed by atoms with Crippen LogP contribution >= 0.6 is 0 Å². The lowest BCUT2D eigenvalue weighted by Crippen LogP contribution is -2.14. The van der Waals surface area contributed by atoms with Gasteiger partial charge in [0.25, 0.3) is 0 Å². The number of esters is 1. The number of aryl methyl sites for hydroxylation is 1. The summed E-state index contributed by atoms with van der Waals surface area (Å²) in [5, 5.41) is 10.3. The molecule has 0 radical (unpaired) electrons. The summed E-state index contributed by atoms with van der Waals surface area (Å²) in [6.07, 6.45) is 0.604. The quantitative estimate of drug-likeness (QED) is 0.505. The van der Waals surface area contributed by atoms with Gasteiger partial charge in [-0.05, 0) is 30.2 Å². The second kappa shape index (κ2) is 10.5. The van der Waals surface area contributed by atoms with E-state index in [4.69, 9.17) is 18.6 Å². The summed E-state index contributed by atoms with van der Waals surface area (Å²) < 4.78 is 21.8. The second-order valence-electron chi connectivity index (χ2n) is 7.26. The number of carbonyl (C=O) groups excluding carboxylic acids is 1. The van der Waals surface area contributed by atoms with Gasteiger partial charge in [0.1, 0.15) is 5.76 Å². The molecule has 7 nitrogen and oxygen atoms in total. The van der Waals surface area contributed by atoms with E-state index in [0.29, 0.717) is 29.4 Å². The van der Waals surface area contributed by atoms with Crippen LogP contribution in [-0.4, -0.2) is 31.9 Å². The molecule has 0 aliphatic rings. The predicted octanol–water partition coefficient (Wildman–Crippen LogP) is 3.98. The van der Waals surface area contributed by atoms with Crippen molar-refractivity contribution in [2.24, 2.45) is 0 Å². The first kappa shape index (κ1) is 22.9. The number of ether oxygens (including phenoxy) is 3. The minimum Gasteiger partial charge on any atom is -0.502 e. The van der Waals surface area contributed by atoms with Crippen molar-refractivity contribution in [2.45, 2.75) is 25.7 Å². The Morgan fingerprint density at radius 1 is 1.06 bits per heavy atom. The van der Waals surface area contributed by atoms with Crippen molar-refractivity contribution >= 4 is 5.97 Å². The molecule has 0 aliphatic heterocycles. The number of hydrogen-bond donors (Lipinski definition) is 1. The first-order chi connectivity index (χ1) is 15.4. The summed E-state index contributed by atoms with van der Waals surface area (Å²) in [6.45, 7) is 2.06. The first-order valence-corrected chi connectivity index (χ1v) is 10.2. The van der Waals surface area contributed by atoms with E-state index in [1.54, 1.807) is 25.1 Å². The Kier molecular flexibility index (Phi) is 7.54. The molecule has 3 rings (SSSR count). The summed E-state index contributed by atoms with van der Waals surface area (Å²) in [5.41, 5.74) is 1.18. The fraction of sp³-hybridized carbons (Fsp3) is 0.280. The second-order valence-corrected chi connectivity index (χ2v) is 7.26. The molecule has 1 aromatic heterocycles. The molecule has 2 aromatic carbocycles. The van der Waals surface area contributed by atoms with Crippen LogP contribution in [0.1, 0.15) is 35.0 Å². The fourth-order valence-corrected chi connectivity index (χ4v) is 3.42. The van der Waals surface area contributed by atoms with E-state index in [9.17, 15) is 14.7 Å². The topological polar surface area (TPSA) is 95.2 Å². The van der Waals surface area contributed by atoms with E-state index in [2.05, 4.69) is 0 Å². The van der Waals surface area contributed by atoms with Gasteiger partial charge in [-0.25, -0.2) is 0 Å². The van der Waals surface area contributed by atoms with Crippen molar-refractivity contribution in [3.05, 3.63) is 87.5 Å². The normalized spacial score (nSPS) is 11.6. The van der Waals surface area contributed by atoms with Crippen molar-refractivity contribution in [1.82, 2.24) is 0 Å². The highest BCUT2D eigenvalue weighted by atomic mass is 16.5. The smallest absolute Gasteiger partial charge is 0.306 e. The molecular weight excluding hydrogens is 412 g/mol. The lowest BCUT2D eigenvalue weighted by Gasteiger charge is -2.19. The number of carbonyl (C=O) groups is 1. The molecule has 1 N–H and O–H groups in total. The predicted molar refractivity (Wildman–Crippen MR) is 118 cm³/mol. The van der Waals surface area contributed by atoms with E-state index < -0.39 is 23.1 Å². The van der Waals surface area contributed by atoms with Gasteiger partial charge in [0.15, 0.2) is 17.3 Å². The first-order valence-electron chi connectivity index (χ1n) is 10.2. The van der Waals surface area contributed by atoms with Crippen molar-refractivity contribution in [1.29, 1.82) is 0 Å². The van der Waals surface area contributed by atoms with E-state index in [0.717, 1.165) is 12.0 Å². The third-order valence-corrected chi connectivity index (χ3v) is 5.07. The van der Waals surface area contributed by atoms with Gasteiger partial charge in [0, 0.05) is 12.5 Å². The van der Waals surface area contributed by atoms with Gasteiger partial charge in [-0.1, -0.05) is 36.4 Å². The van der Waals surface area contributed by atoms with Gasteiger partial charge in [0.2, 0.25) is 11.2 Å². The van der Waals surface area contributed by atoms with Crippen LogP contribution in [0.2, 0.25) is 0 Å². The molecular formula is C25H26O7. The molecule has 0 bridgehead atoms. The van der Waals surface area contributed by atoms with Crippen LogP contribution in [0.4, 0.5) is 0 Å². The van der Waals surface area contributed by atoms with Crippen LogP contribution in [0.15, 0.2) is 63.8 Å². The lowest BCUT2D eigenvalue weighted by molar-refractivity contribution is -0.140. The molecule has 0 saturated carbocycles. The van der Waals surface area contributed by atoms with Crippen molar-refractivity contribution in [3.8, 4) is 17.2 Å². The summed E-state index contributed by atoms with van der Waals surface area (Å²) in [7, 11) is 2.79. The average Bonchev–Trinajstić information content (AvgIpc) is 2.80. The van der Waals surface area contributed by atoms with Crippen molar-refractivity contribution in [3.63, 3.8) is 0 Å². The zero-order valence-corrected chi connectivity index (χ0v) is 18.3. The highest BCUT2D eigenvalue weighted by Gasteiger charge is 2.27. The monoisotopic (exact) mass is 438 g/mol. The molecule has 1 atom stereocenters. The Morgan fingerprint density at radius 3 is 2.50 bits per heavy atom. The summed E-state index contributed by atoms with van der Waals surface area (Å²) in [4.78, 5) is 24.2. The third kappa shape index (κ3) is 5.49. The minimum absolute atomic E-state index is 0.000184. The number of rotatable bonds is 9. The molecule has 0 amide bonds. The maximum atomic E-state index is 12.1. The van der Waals surface area contributed by atoms with Crippen LogP contribution in [0.25, 0.3) is 0 Å². The van der Waals surface area contributed by atoms with E-state index in [1.165, 1.54) is 20.3 Å². The molecule has 168 valence electrons. The zero-order valence-electron chi connectivity index (χ0n) is 18.3. The van der Waals surface area contributed by atoms with Crippen LogP contribution in [0.3, 0.4) is 0 Å². The number of hydrogen-bond acceptors (Lipinski definition) is 7. The van der Waals surface area contributed by atoms with E-state index in [1.807, 2.05) is 30.3 Å². The molecule has 7 heteroatoms. The van der Waals surface area contributed by atoms with Crippen LogP contribution in [0.5, 0.6) is 17.2 Å². The van der Waals surface area contributed by atoms with Crippen LogP contribution < -0.4 is 14.9 Å². The van der Waals surface area contributed by atoms with Gasteiger partial charge < -0.3 is 23.7 Å². The Labute approximate surface area is 186 Å². The van der Waals surface area contributed by atoms with E-state index in [-0.39, 0.29) is 12.2 Å². The van der Waals surface area contributed by atoms with Crippen LogP contribution in [-0.2, 0) is 16.0 Å². The Balaban J connectivity index is 1.90. The third-order valence-electron chi connectivity index (χ3n) is 5.07. The van der Waals surface area contributed by atoms with Gasteiger partial charge in [-0.15, -0.1) is 0 Å². The molecule has 1 heterocycles. The fourth-order valence-electron chi connectivity index (χ4n) is 3.42. The maximum absolute atomic E-state index is 12.1. The Hall–Kier alpha value is -3.74. The summed E-state index contributed by atoms with van der Waals surface area (Å²) >= 11 is 0. The molecule has 32 heavy (non-hydrogen) atoms. The summed E-state index contributed by atoms with van der Waals surface area (Å²) in [5.74, 6) is -0.473. The maximum Gasteiger partial charge on any atom is 0.306 e. The molecule has 0 spiro atoms. The molecule has 0 saturated heterocycles. The lowest BCUT2D eigenvalue weighted by atomic mass is 9.92. The Morgan fingerprint density at radius 2 is 1.81 bits per heavy atom. The standard InChI is InChI=1S/C25H26O7/c1-16-13-20(26)24(28)25(32-16)19(15-23(27)30-3)18-9-10-21(22(14-18)29-2)31-12-11-17-7-5-4-6-8-17/h4-10,13-14,19,28H,11-12,15H2,1-3H3/t19-/m1/s1. The Bertz CT molecular complexity index is 1120. The van der Waals surface area contributed by atoms with Gasteiger partial charge >= 0.3 is 5.97 Å².